The number of rotatable bonds is 9. The van der Waals surface area contributed by atoms with Gasteiger partial charge < -0.3 is 9.30 Å². The lowest BCUT2D eigenvalue weighted by atomic mass is 10.1. The van der Waals surface area contributed by atoms with Crippen LogP contribution < -0.4 is 5.56 Å². The van der Waals surface area contributed by atoms with E-state index >= 15 is 0 Å². The second kappa shape index (κ2) is 9.76. The van der Waals surface area contributed by atoms with Crippen molar-refractivity contribution in [1.82, 2.24) is 19.2 Å². The van der Waals surface area contributed by atoms with Crippen molar-refractivity contribution in [1.29, 1.82) is 0 Å². The summed E-state index contributed by atoms with van der Waals surface area (Å²) >= 11 is 1.82. The molecule has 0 atom stereocenters. The number of hydrogen-bond acceptors (Lipinski definition) is 5. The van der Waals surface area contributed by atoms with Crippen LogP contribution in [-0.4, -0.2) is 26.3 Å². The Morgan fingerprint density at radius 1 is 1.12 bits per heavy atom. The summed E-state index contributed by atoms with van der Waals surface area (Å²) in [7, 11) is 1.73. The molecule has 176 valence electrons. The molecule has 34 heavy (non-hydrogen) atoms. The van der Waals surface area contributed by atoms with Crippen LogP contribution in [0, 0.1) is 0 Å². The van der Waals surface area contributed by atoms with Crippen LogP contribution in [0.1, 0.15) is 66.6 Å². The van der Waals surface area contributed by atoms with Gasteiger partial charge in [-0.25, -0.2) is 0 Å². The van der Waals surface area contributed by atoms with Crippen molar-refractivity contribution in [3.8, 4) is 0 Å². The van der Waals surface area contributed by atoms with Crippen LogP contribution in [0.2, 0.25) is 0 Å². The Morgan fingerprint density at radius 2 is 1.91 bits per heavy atom. The average Bonchev–Trinajstić information content (AvgIpc) is 3.59. The van der Waals surface area contributed by atoms with Crippen molar-refractivity contribution in [3.63, 3.8) is 0 Å². The van der Waals surface area contributed by atoms with Crippen molar-refractivity contribution in [2.75, 3.05) is 7.11 Å². The number of ether oxygens (including phenoxy) is 1. The standard InChI is InChI=1S/C27H30N4O2S/c1-18(2)23-15-30(27-28-25(21-10-11-21)29-31(27)26(23)32)14-20-9-12-24(22(13-20)16-33-3)34-17-19-7-5-4-6-8-19/h4-9,12-13,15,18,21H,10-11,14,16-17H2,1-3H3. The molecule has 1 aliphatic carbocycles. The van der Waals surface area contributed by atoms with Crippen molar-refractivity contribution >= 4 is 17.5 Å². The highest BCUT2D eigenvalue weighted by atomic mass is 32.2. The van der Waals surface area contributed by atoms with E-state index in [0.717, 1.165) is 35.5 Å². The van der Waals surface area contributed by atoms with Gasteiger partial charge in [0.2, 0.25) is 5.78 Å². The molecular formula is C27H30N4O2S. The third-order valence-corrected chi connectivity index (χ3v) is 7.36. The number of aromatic nitrogens is 4. The van der Waals surface area contributed by atoms with Crippen molar-refractivity contribution in [3.05, 3.63) is 93.2 Å². The van der Waals surface area contributed by atoms with Gasteiger partial charge in [0.15, 0.2) is 5.82 Å². The molecule has 0 spiro atoms. The van der Waals surface area contributed by atoms with E-state index in [9.17, 15) is 4.79 Å². The Morgan fingerprint density at radius 3 is 2.62 bits per heavy atom. The predicted octanol–water partition coefficient (Wildman–Crippen LogP) is 5.38. The van der Waals surface area contributed by atoms with Gasteiger partial charge in [-0.1, -0.05) is 56.3 Å². The normalized spacial score (nSPS) is 13.8. The summed E-state index contributed by atoms with van der Waals surface area (Å²) in [6.07, 6.45) is 4.16. The maximum Gasteiger partial charge on any atom is 0.279 e. The van der Waals surface area contributed by atoms with E-state index < -0.39 is 0 Å². The molecule has 0 radical (unpaired) electrons. The smallest absolute Gasteiger partial charge is 0.279 e. The van der Waals surface area contributed by atoms with E-state index in [2.05, 4.69) is 52.1 Å². The third-order valence-electron chi connectivity index (χ3n) is 6.18. The quantitative estimate of drug-likeness (QED) is 0.305. The Kier molecular flexibility index (Phi) is 6.57. The maximum absolute atomic E-state index is 13.0. The molecule has 0 aliphatic heterocycles. The molecule has 1 fully saturated rings. The number of thioether (sulfide) groups is 1. The number of fused-ring (bicyclic) bond motifs is 1. The zero-order valence-electron chi connectivity index (χ0n) is 19.9. The van der Waals surface area contributed by atoms with Crippen LogP contribution in [0.5, 0.6) is 0 Å². The van der Waals surface area contributed by atoms with Gasteiger partial charge in [-0.3, -0.25) is 4.79 Å². The van der Waals surface area contributed by atoms with Crippen LogP contribution >= 0.6 is 11.8 Å². The minimum atomic E-state index is -0.0617. The third kappa shape index (κ3) is 4.81. The molecule has 1 aliphatic rings. The highest BCUT2D eigenvalue weighted by Crippen LogP contribution is 2.38. The van der Waals surface area contributed by atoms with Gasteiger partial charge >= 0.3 is 0 Å². The fraction of sp³-hybridized carbons (Fsp3) is 0.370. The van der Waals surface area contributed by atoms with E-state index in [-0.39, 0.29) is 11.5 Å². The Hall–Kier alpha value is -2.90. The van der Waals surface area contributed by atoms with Crippen LogP contribution in [-0.2, 0) is 23.6 Å². The molecular weight excluding hydrogens is 444 g/mol. The lowest BCUT2D eigenvalue weighted by Gasteiger charge is -2.15. The molecule has 2 heterocycles. The topological polar surface area (TPSA) is 61.4 Å². The summed E-state index contributed by atoms with van der Waals surface area (Å²) < 4.78 is 9.08. The van der Waals surface area contributed by atoms with E-state index in [0.29, 0.717) is 24.8 Å². The molecule has 0 amide bonds. The van der Waals surface area contributed by atoms with Crippen molar-refractivity contribution < 1.29 is 4.74 Å². The molecule has 0 N–H and O–H groups in total. The first-order valence-corrected chi connectivity index (χ1v) is 12.8. The second-order valence-corrected chi connectivity index (χ2v) is 10.3. The highest BCUT2D eigenvalue weighted by Gasteiger charge is 2.29. The van der Waals surface area contributed by atoms with E-state index in [1.54, 1.807) is 7.11 Å². The van der Waals surface area contributed by atoms with Crippen molar-refractivity contribution in [2.24, 2.45) is 0 Å². The Labute approximate surface area is 204 Å². The summed E-state index contributed by atoms with van der Waals surface area (Å²) in [5, 5.41) is 4.58. The SMILES string of the molecule is COCc1cc(Cn2cc(C(C)C)c(=O)n3nc(C4CC4)nc23)ccc1SCc1ccccc1. The van der Waals surface area contributed by atoms with Crippen LogP contribution in [0.25, 0.3) is 5.78 Å². The molecule has 1 saturated carbocycles. The van der Waals surface area contributed by atoms with Gasteiger partial charge in [-0.05, 0) is 41.5 Å². The maximum atomic E-state index is 13.0. The van der Waals surface area contributed by atoms with E-state index in [4.69, 9.17) is 9.72 Å². The Balaban J connectivity index is 1.47. The zero-order chi connectivity index (χ0) is 23.7. The van der Waals surface area contributed by atoms with Gasteiger partial charge in [0.1, 0.15) is 0 Å². The summed E-state index contributed by atoms with van der Waals surface area (Å²) in [6.45, 7) is 5.26. The van der Waals surface area contributed by atoms with Crippen LogP contribution in [0.15, 0.2) is 64.4 Å². The summed E-state index contributed by atoms with van der Waals surface area (Å²) in [4.78, 5) is 19.0. The molecule has 2 aromatic carbocycles. The van der Waals surface area contributed by atoms with Crippen LogP contribution in [0.3, 0.4) is 0 Å². The average molecular weight is 475 g/mol. The molecule has 4 aromatic rings. The van der Waals surface area contributed by atoms with E-state index in [1.165, 1.54) is 20.5 Å². The largest absolute Gasteiger partial charge is 0.380 e. The number of benzene rings is 2. The van der Waals surface area contributed by atoms with E-state index in [1.807, 2.05) is 37.9 Å². The molecule has 6 nitrogen and oxygen atoms in total. The number of hydrogen-bond donors (Lipinski definition) is 0. The Bertz CT molecular complexity index is 1360. The van der Waals surface area contributed by atoms with Gasteiger partial charge in [0.25, 0.3) is 5.56 Å². The van der Waals surface area contributed by atoms with Crippen molar-refractivity contribution in [2.45, 2.75) is 62.3 Å². The summed E-state index contributed by atoms with van der Waals surface area (Å²) in [6, 6.07) is 17.0. The van der Waals surface area contributed by atoms with Crippen LogP contribution in [0.4, 0.5) is 0 Å². The van der Waals surface area contributed by atoms with Gasteiger partial charge in [0.05, 0.1) is 13.2 Å². The highest BCUT2D eigenvalue weighted by molar-refractivity contribution is 7.98. The molecule has 0 saturated heterocycles. The van der Waals surface area contributed by atoms with Gasteiger partial charge in [-0.2, -0.15) is 9.50 Å². The second-order valence-electron chi connectivity index (χ2n) is 9.28. The number of methoxy groups -OCH3 is 1. The van der Waals surface area contributed by atoms with Gasteiger partial charge in [-0.15, -0.1) is 16.9 Å². The predicted molar refractivity (Wildman–Crippen MR) is 136 cm³/mol. The monoisotopic (exact) mass is 474 g/mol. The molecule has 7 heteroatoms. The summed E-state index contributed by atoms with van der Waals surface area (Å²) in [5.74, 6) is 2.83. The first-order chi connectivity index (χ1) is 16.5. The fourth-order valence-electron chi connectivity index (χ4n) is 4.14. The lowest BCUT2D eigenvalue weighted by Crippen LogP contribution is -2.24. The summed E-state index contributed by atoms with van der Waals surface area (Å²) in [5.41, 5.74) is 4.31. The van der Waals surface area contributed by atoms with Gasteiger partial charge in [0, 0.05) is 35.4 Å². The fourth-order valence-corrected chi connectivity index (χ4v) is 5.13. The molecule has 5 rings (SSSR count). The minimum absolute atomic E-state index is 0.0617. The first-order valence-electron chi connectivity index (χ1n) is 11.8. The zero-order valence-corrected chi connectivity index (χ0v) is 20.7. The number of nitrogens with zero attached hydrogens (tertiary/aromatic N) is 4. The first kappa shape index (κ1) is 22.9. The lowest BCUT2D eigenvalue weighted by molar-refractivity contribution is 0.183. The molecule has 0 bridgehead atoms. The minimum Gasteiger partial charge on any atom is -0.380 e. The molecule has 0 unspecified atom stereocenters. The molecule has 2 aromatic heterocycles.